The number of methoxy groups -OCH3 is 1. The maximum Gasteiger partial charge on any atom is 0.339 e. The Morgan fingerprint density at radius 2 is 1.93 bits per heavy atom. The first-order valence-electron chi connectivity index (χ1n) is 9.49. The molecule has 0 unspecified atom stereocenters. The summed E-state index contributed by atoms with van der Waals surface area (Å²) in [6.07, 6.45) is 5.70. The number of allylic oxidation sites excluding steroid dienone is 2. The minimum absolute atomic E-state index is 0.136. The summed E-state index contributed by atoms with van der Waals surface area (Å²) in [6, 6.07) is 14.3. The summed E-state index contributed by atoms with van der Waals surface area (Å²) < 4.78 is 10.8. The molecule has 27 heavy (non-hydrogen) atoms. The van der Waals surface area contributed by atoms with E-state index in [0.29, 0.717) is 17.4 Å². The Kier molecular flexibility index (Phi) is 4.65. The molecule has 0 saturated carbocycles. The second-order valence-corrected chi connectivity index (χ2v) is 7.47. The summed E-state index contributed by atoms with van der Waals surface area (Å²) >= 11 is 0. The molecule has 1 aliphatic heterocycles. The van der Waals surface area contributed by atoms with Crippen molar-refractivity contribution < 1.29 is 14.3 Å². The van der Waals surface area contributed by atoms with Gasteiger partial charge in [0.1, 0.15) is 5.75 Å². The minimum Gasteiger partial charge on any atom is -0.491 e. The van der Waals surface area contributed by atoms with Crippen LogP contribution in [0.15, 0.2) is 54.6 Å². The number of carbonyl (C=O) groups is 1. The molecule has 2 aromatic rings. The number of benzene rings is 2. The van der Waals surface area contributed by atoms with Gasteiger partial charge in [0.25, 0.3) is 0 Å². The molecule has 0 spiro atoms. The molecule has 0 radical (unpaired) electrons. The topological polar surface area (TPSA) is 47.6 Å². The van der Waals surface area contributed by atoms with E-state index < -0.39 is 0 Å². The lowest BCUT2D eigenvalue weighted by atomic mass is 9.76. The summed E-state index contributed by atoms with van der Waals surface area (Å²) in [5.41, 5.74) is 3.87. The van der Waals surface area contributed by atoms with Crippen molar-refractivity contribution in [1.82, 2.24) is 0 Å². The smallest absolute Gasteiger partial charge is 0.339 e. The zero-order chi connectivity index (χ0) is 19.0. The molecule has 1 heterocycles. The van der Waals surface area contributed by atoms with Crippen molar-refractivity contribution in [3.8, 4) is 5.75 Å². The molecule has 1 N–H and O–H groups in total. The molecule has 0 fully saturated rings. The Hall–Kier alpha value is -2.75. The molecule has 4 heteroatoms. The van der Waals surface area contributed by atoms with Crippen LogP contribution < -0.4 is 10.1 Å². The number of esters is 1. The second kappa shape index (κ2) is 7.10. The first-order valence-corrected chi connectivity index (χ1v) is 9.49. The maximum atomic E-state index is 12.3. The highest BCUT2D eigenvalue weighted by Crippen LogP contribution is 2.50. The van der Waals surface area contributed by atoms with Gasteiger partial charge in [-0.3, -0.25) is 0 Å². The van der Waals surface area contributed by atoms with Gasteiger partial charge in [-0.1, -0.05) is 36.4 Å². The second-order valence-electron chi connectivity index (χ2n) is 7.47. The van der Waals surface area contributed by atoms with Crippen molar-refractivity contribution in [2.75, 3.05) is 12.4 Å². The van der Waals surface area contributed by atoms with Crippen molar-refractivity contribution in [1.29, 1.82) is 0 Å². The zero-order valence-corrected chi connectivity index (χ0v) is 15.9. The van der Waals surface area contributed by atoms with E-state index in [9.17, 15) is 4.79 Å². The van der Waals surface area contributed by atoms with Crippen LogP contribution in [0.1, 0.15) is 53.7 Å². The Morgan fingerprint density at radius 1 is 1.15 bits per heavy atom. The van der Waals surface area contributed by atoms with Crippen molar-refractivity contribution in [2.45, 2.75) is 38.3 Å². The van der Waals surface area contributed by atoms with Gasteiger partial charge in [0.15, 0.2) is 0 Å². The van der Waals surface area contributed by atoms with E-state index in [1.54, 1.807) is 0 Å². The Bertz CT molecular complexity index is 870. The van der Waals surface area contributed by atoms with Gasteiger partial charge in [-0.25, -0.2) is 4.79 Å². The number of para-hydroxylation sites is 1. The molecule has 4 rings (SSSR count). The Labute approximate surface area is 160 Å². The highest BCUT2D eigenvalue weighted by atomic mass is 16.5. The third-order valence-electron chi connectivity index (χ3n) is 5.41. The lowest BCUT2D eigenvalue weighted by Crippen LogP contribution is -2.30. The van der Waals surface area contributed by atoms with Crippen molar-refractivity contribution in [2.24, 2.45) is 5.92 Å². The minimum atomic E-state index is -0.306. The largest absolute Gasteiger partial charge is 0.491 e. The van der Waals surface area contributed by atoms with Crippen LogP contribution in [0.2, 0.25) is 0 Å². The summed E-state index contributed by atoms with van der Waals surface area (Å²) in [6.45, 7) is 4.05. The normalized spacial score (nSPS) is 22.7. The first kappa shape index (κ1) is 17.7. The van der Waals surface area contributed by atoms with Gasteiger partial charge in [-0.15, -0.1) is 0 Å². The van der Waals surface area contributed by atoms with Crippen LogP contribution in [-0.4, -0.2) is 19.2 Å². The quantitative estimate of drug-likeness (QED) is 0.607. The number of fused-ring (bicyclic) bond motifs is 3. The van der Waals surface area contributed by atoms with Gasteiger partial charge in [-0.05, 0) is 55.5 Å². The third-order valence-corrected chi connectivity index (χ3v) is 5.41. The predicted molar refractivity (Wildman–Crippen MR) is 106 cm³/mol. The van der Waals surface area contributed by atoms with Gasteiger partial charge in [0.2, 0.25) is 0 Å². The van der Waals surface area contributed by atoms with E-state index in [1.807, 2.05) is 38.1 Å². The monoisotopic (exact) mass is 363 g/mol. The van der Waals surface area contributed by atoms with Crippen LogP contribution >= 0.6 is 0 Å². The van der Waals surface area contributed by atoms with Gasteiger partial charge in [-0.2, -0.15) is 0 Å². The number of rotatable bonds is 4. The van der Waals surface area contributed by atoms with Crippen LogP contribution in [0.25, 0.3) is 0 Å². The van der Waals surface area contributed by atoms with Crippen LogP contribution in [0.4, 0.5) is 5.69 Å². The van der Waals surface area contributed by atoms with Gasteiger partial charge < -0.3 is 14.8 Å². The van der Waals surface area contributed by atoms with Crippen LogP contribution in [0.3, 0.4) is 0 Å². The number of anilines is 1. The SMILES string of the molecule is COC(=O)c1cccc2c1N[C@@H](c1ccc(OC(C)C)cc1)[C@H]1CC=C[C@@H]21. The molecular formula is C23H25NO3. The van der Waals surface area contributed by atoms with E-state index in [0.717, 1.165) is 17.9 Å². The molecule has 0 saturated heterocycles. The molecule has 0 bridgehead atoms. The Balaban J connectivity index is 1.71. The summed E-state index contributed by atoms with van der Waals surface area (Å²) in [5.74, 6) is 1.31. The zero-order valence-electron chi connectivity index (χ0n) is 15.9. The fraction of sp³-hybridized carbons (Fsp3) is 0.348. The predicted octanol–water partition coefficient (Wildman–Crippen LogP) is 5.09. The highest BCUT2D eigenvalue weighted by molar-refractivity contribution is 5.97. The molecule has 0 amide bonds. The molecule has 3 atom stereocenters. The van der Waals surface area contributed by atoms with Gasteiger partial charge in [0, 0.05) is 5.92 Å². The van der Waals surface area contributed by atoms with E-state index in [2.05, 4.69) is 35.7 Å². The highest BCUT2D eigenvalue weighted by Gasteiger charge is 2.39. The molecular weight excluding hydrogens is 338 g/mol. The number of ether oxygens (including phenoxy) is 2. The number of nitrogens with one attached hydrogen (secondary N) is 1. The summed E-state index contributed by atoms with van der Waals surface area (Å²) in [5, 5.41) is 3.65. The molecule has 0 aromatic heterocycles. The van der Waals surface area contributed by atoms with Crippen molar-refractivity contribution in [3.63, 3.8) is 0 Å². The summed E-state index contributed by atoms with van der Waals surface area (Å²) in [4.78, 5) is 12.3. The number of carbonyl (C=O) groups excluding carboxylic acids is 1. The number of hydrogen-bond donors (Lipinski definition) is 1. The number of hydrogen-bond acceptors (Lipinski definition) is 4. The summed E-state index contributed by atoms with van der Waals surface area (Å²) in [7, 11) is 1.42. The van der Waals surface area contributed by atoms with E-state index in [4.69, 9.17) is 9.47 Å². The van der Waals surface area contributed by atoms with Crippen molar-refractivity contribution in [3.05, 3.63) is 71.3 Å². The molecule has 2 aliphatic rings. The Morgan fingerprint density at radius 3 is 2.63 bits per heavy atom. The van der Waals surface area contributed by atoms with Gasteiger partial charge in [0.05, 0.1) is 30.5 Å². The standard InChI is InChI=1S/C23H25NO3/c1-14(2)27-16-12-10-15(11-13-16)21-18-7-4-6-17(18)19-8-5-9-20(22(19)24-21)23(25)26-3/h4-6,8-14,17-18,21,24H,7H2,1-3H3/t17-,18+,21+/m1/s1. The van der Waals surface area contributed by atoms with Crippen LogP contribution in [-0.2, 0) is 4.74 Å². The van der Waals surface area contributed by atoms with Crippen LogP contribution in [0, 0.1) is 5.92 Å². The van der Waals surface area contributed by atoms with Crippen molar-refractivity contribution >= 4 is 11.7 Å². The fourth-order valence-electron chi connectivity index (χ4n) is 4.26. The van der Waals surface area contributed by atoms with Crippen LogP contribution in [0.5, 0.6) is 5.75 Å². The lowest BCUT2D eigenvalue weighted by Gasteiger charge is -2.38. The average Bonchev–Trinajstić information content (AvgIpc) is 3.16. The third kappa shape index (κ3) is 3.20. The van der Waals surface area contributed by atoms with E-state index in [-0.39, 0.29) is 18.1 Å². The van der Waals surface area contributed by atoms with E-state index in [1.165, 1.54) is 18.2 Å². The molecule has 140 valence electrons. The maximum absolute atomic E-state index is 12.3. The first-order chi connectivity index (χ1) is 13.1. The lowest BCUT2D eigenvalue weighted by molar-refractivity contribution is 0.0601. The molecule has 2 aromatic carbocycles. The fourth-order valence-corrected chi connectivity index (χ4v) is 4.26. The van der Waals surface area contributed by atoms with E-state index >= 15 is 0 Å². The average molecular weight is 363 g/mol. The molecule has 4 nitrogen and oxygen atoms in total. The molecule has 1 aliphatic carbocycles. The van der Waals surface area contributed by atoms with Gasteiger partial charge >= 0.3 is 5.97 Å².